The van der Waals surface area contributed by atoms with Crippen LogP contribution in [0.15, 0.2) is 12.1 Å². The van der Waals surface area contributed by atoms with E-state index in [1.54, 1.807) is 0 Å². The Balaban J connectivity index is 2.40. The lowest BCUT2D eigenvalue weighted by molar-refractivity contribution is -0.151. The summed E-state index contributed by atoms with van der Waals surface area (Å²) < 4.78 is 38.9. The Hall–Kier alpha value is -1.79. The summed E-state index contributed by atoms with van der Waals surface area (Å²) in [6.45, 7) is 5.46. The fourth-order valence-corrected chi connectivity index (χ4v) is 1.95. The van der Waals surface area contributed by atoms with Gasteiger partial charge in [-0.25, -0.2) is 9.78 Å². The lowest BCUT2D eigenvalue weighted by atomic mass is 9.90. The fraction of sp³-hybridized carbons (Fsp3) is 0.571. The fourth-order valence-electron chi connectivity index (χ4n) is 1.95. The molecule has 1 aliphatic rings. The van der Waals surface area contributed by atoms with Gasteiger partial charge < -0.3 is 10.4 Å². The first-order chi connectivity index (χ1) is 9.45. The van der Waals surface area contributed by atoms with Crippen molar-refractivity contribution in [1.82, 2.24) is 4.98 Å². The summed E-state index contributed by atoms with van der Waals surface area (Å²) in [6, 6.07) is 2.53. The molecule has 1 aliphatic carbocycles. The molecule has 7 heteroatoms. The molecule has 21 heavy (non-hydrogen) atoms. The summed E-state index contributed by atoms with van der Waals surface area (Å²) >= 11 is 0. The molecule has 0 saturated heterocycles. The van der Waals surface area contributed by atoms with Crippen molar-refractivity contribution in [2.24, 2.45) is 0 Å². The van der Waals surface area contributed by atoms with Crippen LogP contribution in [0, 0.1) is 0 Å². The Morgan fingerprint density at radius 3 is 2.24 bits per heavy atom. The zero-order valence-electron chi connectivity index (χ0n) is 12.0. The van der Waals surface area contributed by atoms with Gasteiger partial charge in [-0.15, -0.1) is 0 Å². The van der Waals surface area contributed by atoms with Gasteiger partial charge in [-0.05, 0) is 25.0 Å². The van der Waals surface area contributed by atoms with Gasteiger partial charge in [0.05, 0.1) is 5.56 Å². The van der Waals surface area contributed by atoms with E-state index in [1.807, 2.05) is 20.8 Å². The zero-order valence-corrected chi connectivity index (χ0v) is 12.0. The maximum Gasteiger partial charge on any atom is 0.411 e. The molecular weight excluding hydrogens is 285 g/mol. The van der Waals surface area contributed by atoms with E-state index in [-0.39, 0.29) is 24.2 Å². The van der Waals surface area contributed by atoms with Gasteiger partial charge in [-0.2, -0.15) is 13.2 Å². The first-order valence-corrected chi connectivity index (χ1v) is 6.55. The number of aromatic nitrogens is 1. The highest BCUT2D eigenvalue weighted by Gasteiger charge is 2.63. The van der Waals surface area contributed by atoms with Crippen molar-refractivity contribution in [2.45, 2.75) is 50.7 Å². The highest BCUT2D eigenvalue weighted by molar-refractivity contribution is 5.88. The molecule has 1 heterocycles. The number of carbonyl (C=O) groups is 1. The van der Waals surface area contributed by atoms with Gasteiger partial charge in [0.15, 0.2) is 0 Å². The molecule has 1 aromatic rings. The van der Waals surface area contributed by atoms with E-state index in [0.29, 0.717) is 5.69 Å². The second-order valence-electron chi connectivity index (χ2n) is 6.39. The van der Waals surface area contributed by atoms with E-state index in [2.05, 4.69) is 10.3 Å². The summed E-state index contributed by atoms with van der Waals surface area (Å²) in [6.07, 6.45) is -4.43. The molecule has 2 N–H and O–H groups in total. The van der Waals surface area contributed by atoms with Gasteiger partial charge in [0, 0.05) is 11.1 Å². The average molecular weight is 302 g/mol. The highest BCUT2D eigenvalue weighted by atomic mass is 19.4. The van der Waals surface area contributed by atoms with Crippen molar-refractivity contribution in [3.05, 3.63) is 23.4 Å². The molecule has 0 aromatic carbocycles. The Morgan fingerprint density at radius 1 is 1.29 bits per heavy atom. The van der Waals surface area contributed by atoms with Gasteiger partial charge in [0.1, 0.15) is 11.4 Å². The van der Waals surface area contributed by atoms with E-state index >= 15 is 0 Å². The second kappa shape index (κ2) is 4.61. The molecule has 0 atom stereocenters. The van der Waals surface area contributed by atoms with Crippen LogP contribution >= 0.6 is 0 Å². The average Bonchev–Trinajstić information content (AvgIpc) is 3.07. The molecule has 0 amide bonds. The Bertz CT molecular complexity index is 573. The van der Waals surface area contributed by atoms with Crippen LogP contribution in [0.3, 0.4) is 0 Å². The number of anilines is 1. The number of hydrogen-bond donors (Lipinski definition) is 2. The monoisotopic (exact) mass is 302 g/mol. The van der Waals surface area contributed by atoms with Crippen LogP contribution in [0.25, 0.3) is 0 Å². The van der Waals surface area contributed by atoms with Gasteiger partial charge in [-0.3, -0.25) is 0 Å². The van der Waals surface area contributed by atoms with Crippen molar-refractivity contribution in [1.29, 1.82) is 0 Å². The van der Waals surface area contributed by atoms with Gasteiger partial charge >= 0.3 is 12.1 Å². The summed E-state index contributed by atoms with van der Waals surface area (Å²) in [5.74, 6) is -1.24. The normalized spacial score (nSPS) is 17.4. The Labute approximate surface area is 120 Å². The summed E-state index contributed by atoms with van der Waals surface area (Å²) in [5.41, 5.74) is -2.07. The number of carboxylic acid groups (broad SMARTS) is 1. The zero-order chi connectivity index (χ0) is 16.1. The summed E-state index contributed by atoms with van der Waals surface area (Å²) in [5, 5.41) is 11.5. The third-order valence-corrected chi connectivity index (χ3v) is 3.50. The van der Waals surface area contributed by atoms with Crippen LogP contribution in [0.2, 0.25) is 0 Å². The number of halogens is 3. The van der Waals surface area contributed by atoms with E-state index in [4.69, 9.17) is 5.11 Å². The van der Waals surface area contributed by atoms with E-state index in [0.717, 1.165) is 6.07 Å². The lowest BCUT2D eigenvalue weighted by Crippen LogP contribution is -2.39. The molecule has 116 valence electrons. The maximum absolute atomic E-state index is 13.0. The molecule has 1 aromatic heterocycles. The number of aromatic carboxylic acids is 1. The number of nitrogens with one attached hydrogen (secondary N) is 1. The third kappa shape index (κ3) is 3.11. The quantitative estimate of drug-likeness (QED) is 0.896. The van der Waals surface area contributed by atoms with Crippen LogP contribution in [-0.2, 0) is 5.41 Å². The predicted molar refractivity (Wildman–Crippen MR) is 71.5 cm³/mol. The van der Waals surface area contributed by atoms with Crippen molar-refractivity contribution in [2.75, 3.05) is 5.32 Å². The molecule has 1 fully saturated rings. The molecule has 0 spiro atoms. The highest BCUT2D eigenvalue weighted by Crippen LogP contribution is 2.51. The SMILES string of the molecule is CC(C)(C)c1cc(C(=O)O)cc(NC2(C(F)(F)F)CC2)n1. The Morgan fingerprint density at radius 2 is 1.86 bits per heavy atom. The molecule has 0 bridgehead atoms. The van der Waals surface area contributed by atoms with Crippen LogP contribution < -0.4 is 5.32 Å². The molecule has 0 radical (unpaired) electrons. The second-order valence-corrected chi connectivity index (χ2v) is 6.39. The first kappa shape index (κ1) is 15.6. The molecule has 4 nitrogen and oxygen atoms in total. The molecule has 0 unspecified atom stereocenters. The number of rotatable bonds is 3. The number of carboxylic acids is 1. The lowest BCUT2D eigenvalue weighted by Gasteiger charge is -2.24. The first-order valence-electron chi connectivity index (χ1n) is 6.55. The molecular formula is C14H17F3N2O2. The van der Waals surface area contributed by atoms with E-state index in [1.165, 1.54) is 6.07 Å². The number of alkyl halides is 3. The van der Waals surface area contributed by atoms with Crippen molar-refractivity contribution >= 4 is 11.8 Å². The molecule has 0 aliphatic heterocycles. The molecule has 2 rings (SSSR count). The predicted octanol–water partition coefficient (Wildman–Crippen LogP) is 3.58. The van der Waals surface area contributed by atoms with Gasteiger partial charge in [0.2, 0.25) is 0 Å². The van der Waals surface area contributed by atoms with E-state index < -0.39 is 23.1 Å². The van der Waals surface area contributed by atoms with Crippen molar-refractivity contribution in [3.8, 4) is 0 Å². The minimum Gasteiger partial charge on any atom is -0.478 e. The number of pyridine rings is 1. The maximum atomic E-state index is 13.0. The standard InChI is InChI=1S/C14H17F3N2O2/c1-12(2,3)9-6-8(11(20)21)7-10(18-9)19-13(4-5-13)14(15,16)17/h6-7H,4-5H2,1-3H3,(H,18,19)(H,20,21). The van der Waals surface area contributed by atoms with Gasteiger partial charge in [0.25, 0.3) is 0 Å². The van der Waals surface area contributed by atoms with Crippen molar-refractivity contribution < 1.29 is 23.1 Å². The smallest absolute Gasteiger partial charge is 0.411 e. The number of hydrogen-bond acceptors (Lipinski definition) is 3. The van der Waals surface area contributed by atoms with Crippen LogP contribution in [0.1, 0.15) is 49.7 Å². The largest absolute Gasteiger partial charge is 0.478 e. The minimum atomic E-state index is -4.38. The van der Waals surface area contributed by atoms with Crippen LogP contribution in [-0.4, -0.2) is 27.8 Å². The van der Waals surface area contributed by atoms with E-state index in [9.17, 15) is 18.0 Å². The topological polar surface area (TPSA) is 62.2 Å². The van der Waals surface area contributed by atoms with Gasteiger partial charge in [-0.1, -0.05) is 20.8 Å². The number of nitrogens with zero attached hydrogens (tertiary/aromatic N) is 1. The molecule has 1 saturated carbocycles. The Kier molecular flexibility index (Phi) is 3.42. The third-order valence-electron chi connectivity index (χ3n) is 3.50. The van der Waals surface area contributed by atoms with Crippen LogP contribution in [0.5, 0.6) is 0 Å². The van der Waals surface area contributed by atoms with Crippen molar-refractivity contribution in [3.63, 3.8) is 0 Å². The minimum absolute atomic E-state index is 0.0275. The summed E-state index contributed by atoms with van der Waals surface area (Å²) in [7, 11) is 0. The summed E-state index contributed by atoms with van der Waals surface area (Å²) in [4.78, 5) is 15.3. The van der Waals surface area contributed by atoms with Crippen LogP contribution in [0.4, 0.5) is 19.0 Å².